The zero-order valence-electron chi connectivity index (χ0n) is 18.0. The molecular weight excluding hydrogens is 401 g/mol. The fraction of sp³-hybridized carbons (Fsp3) is 0.478. The van der Waals surface area contributed by atoms with E-state index in [4.69, 9.17) is 10.8 Å². The number of rotatable bonds is 8. The molecule has 166 valence electrons. The highest BCUT2D eigenvalue weighted by atomic mass is 31.2. The number of primary amides is 1. The Balaban J connectivity index is 0.000000300. The summed E-state index contributed by atoms with van der Waals surface area (Å²) in [5.41, 5.74) is 6.60. The predicted octanol–water partition coefficient (Wildman–Crippen LogP) is 4.56. The molecule has 6 nitrogen and oxygen atoms in total. The molecule has 4 N–H and O–H groups in total. The first-order valence-corrected chi connectivity index (χ1v) is 12.2. The molecule has 0 spiro atoms. The lowest BCUT2D eigenvalue weighted by Crippen LogP contribution is -2.21. The van der Waals surface area contributed by atoms with Gasteiger partial charge >= 0.3 is 5.97 Å². The number of carbonyl (C=O) groups is 2. The summed E-state index contributed by atoms with van der Waals surface area (Å²) in [6.45, 7) is 6.20. The van der Waals surface area contributed by atoms with E-state index in [0.717, 1.165) is 6.42 Å². The monoisotopic (exact) mass is 435 g/mol. The summed E-state index contributed by atoms with van der Waals surface area (Å²) in [4.78, 5) is 30.5. The van der Waals surface area contributed by atoms with Crippen LogP contribution >= 0.6 is 7.37 Å². The van der Waals surface area contributed by atoms with Gasteiger partial charge in [0.1, 0.15) is 0 Å². The van der Waals surface area contributed by atoms with Crippen LogP contribution in [0.1, 0.15) is 51.5 Å². The standard InChI is InChI=1S/C15H18.C8H16NO5P/c1-15(2)12-8-4-7-11-14(15)13-9-5-3-6-10-13;1-2-15(13,14)5-6(8(11)12)3-4-7(9)10/h3-11,14H,12H2,1-2H3;6H,2-5H2,1H3,(H2,9,10)(H,11,12)(H,13,14). The van der Waals surface area contributed by atoms with E-state index in [1.54, 1.807) is 0 Å². The summed E-state index contributed by atoms with van der Waals surface area (Å²) in [6, 6.07) is 10.8. The van der Waals surface area contributed by atoms with Gasteiger partial charge < -0.3 is 15.7 Å². The normalized spacial score (nSPS) is 20.2. The summed E-state index contributed by atoms with van der Waals surface area (Å²) in [7, 11) is -3.38. The molecule has 1 aromatic carbocycles. The van der Waals surface area contributed by atoms with Crippen LogP contribution in [0.5, 0.6) is 0 Å². The molecule has 3 atom stereocenters. The number of carboxylic acid groups (broad SMARTS) is 1. The molecule has 0 aliphatic heterocycles. The molecule has 0 saturated heterocycles. The molecule has 1 aromatic rings. The van der Waals surface area contributed by atoms with Gasteiger partial charge in [0.2, 0.25) is 13.3 Å². The fourth-order valence-corrected chi connectivity index (χ4v) is 4.60. The molecule has 0 aromatic heterocycles. The first-order valence-electron chi connectivity index (χ1n) is 10.2. The lowest BCUT2D eigenvalue weighted by molar-refractivity contribution is -0.141. The molecule has 1 amide bonds. The number of carbonyl (C=O) groups excluding carboxylic acids is 1. The highest BCUT2D eigenvalue weighted by molar-refractivity contribution is 7.58. The third-order valence-corrected chi connectivity index (χ3v) is 7.28. The summed E-state index contributed by atoms with van der Waals surface area (Å²) in [5.74, 6) is -2.23. The molecule has 0 bridgehead atoms. The Morgan fingerprint density at radius 3 is 2.40 bits per heavy atom. The number of carboxylic acids is 1. The number of hydrogen-bond donors (Lipinski definition) is 3. The summed E-state index contributed by atoms with van der Waals surface area (Å²) in [5, 5.41) is 8.76. The van der Waals surface area contributed by atoms with Gasteiger partial charge in [-0.2, -0.15) is 0 Å². The van der Waals surface area contributed by atoms with Crippen LogP contribution in [-0.4, -0.2) is 34.2 Å². The van der Waals surface area contributed by atoms with Crippen LogP contribution in [0.4, 0.5) is 0 Å². The molecule has 0 saturated carbocycles. The van der Waals surface area contributed by atoms with Gasteiger partial charge in [-0.05, 0) is 23.8 Å². The molecule has 7 heteroatoms. The molecule has 30 heavy (non-hydrogen) atoms. The number of aliphatic carboxylic acids is 1. The highest BCUT2D eigenvalue weighted by Gasteiger charge is 2.28. The van der Waals surface area contributed by atoms with Crippen molar-refractivity contribution >= 4 is 19.2 Å². The predicted molar refractivity (Wildman–Crippen MR) is 121 cm³/mol. The van der Waals surface area contributed by atoms with Crippen LogP contribution in [-0.2, 0) is 14.2 Å². The van der Waals surface area contributed by atoms with Gasteiger partial charge in [0, 0.05) is 24.7 Å². The van der Waals surface area contributed by atoms with Gasteiger partial charge in [0.25, 0.3) is 0 Å². The Kier molecular flexibility index (Phi) is 10.2. The highest BCUT2D eigenvalue weighted by Crippen LogP contribution is 2.43. The largest absolute Gasteiger partial charge is 0.481 e. The maximum absolute atomic E-state index is 11.3. The topological polar surface area (TPSA) is 118 Å². The van der Waals surface area contributed by atoms with Crippen LogP contribution in [0.3, 0.4) is 0 Å². The first-order chi connectivity index (χ1) is 14.0. The van der Waals surface area contributed by atoms with E-state index in [-0.39, 0.29) is 25.2 Å². The smallest absolute Gasteiger partial charge is 0.307 e. The van der Waals surface area contributed by atoms with Crippen LogP contribution in [0.25, 0.3) is 0 Å². The van der Waals surface area contributed by atoms with E-state index in [1.165, 1.54) is 12.5 Å². The number of amides is 1. The van der Waals surface area contributed by atoms with Crippen molar-refractivity contribution < 1.29 is 24.2 Å². The zero-order chi connectivity index (χ0) is 22.8. The van der Waals surface area contributed by atoms with Crippen molar-refractivity contribution in [1.29, 1.82) is 0 Å². The maximum Gasteiger partial charge on any atom is 0.307 e. The van der Waals surface area contributed by atoms with E-state index in [0.29, 0.717) is 11.3 Å². The van der Waals surface area contributed by atoms with Crippen LogP contribution in [0, 0.1) is 11.3 Å². The Labute approximate surface area is 179 Å². The summed E-state index contributed by atoms with van der Waals surface area (Å²) in [6.07, 6.45) is 9.71. The van der Waals surface area contributed by atoms with E-state index in [9.17, 15) is 19.0 Å². The van der Waals surface area contributed by atoms with Gasteiger partial charge in [-0.15, -0.1) is 0 Å². The SMILES string of the molecule is CC1(C)CC=CC=CC1c1ccccc1.CCP(=O)(O)CC(CCC(N)=O)C(=O)O. The van der Waals surface area contributed by atoms with Crippen LogP contribution in [0.15, 0.2) is 54.6 Å². The van der Waals surface area contributed by atoms with Crippen molar-refractivity contribution in [3.05, 3.63) is 60.2 Å². The molecular formula is C23H34NO5P. The van der Waals surface area contributed by atoms with Crippen molar-refractivity contribution in [2.45, 2.75) is 46.0 Å². The second kappa shape index (κ2) is 11.9. The van der Waals surface area contributed by atoms with Gasteiger partial charge in [0.15, 0.2) is 0 Å². The number of hydrogen-bond acceptors (Lipinski definition) is 3. The van der Waals surface area contributed by atoms with Crippen molar-refractivity contribution in [2.24, 2.45) is 17.1 Å². The molecule has 0 radical (unpaired) electrons. The molecule has 0 fully saturated rings. The molecule has 3 unspecified atom stereocenters. The second-order valence-corrected chi connectivity index (χ2v) is 11.0. The number of nitrogens with two attached hydrogens (primary N) is 1. The average molecular weight is 436 g/mol. The average Bonchev–Trinajstić information content (AvgIpc) is 2.86. The quantitative estimate of drug-likeness (QED) is 0.518. The van der Waals surface area contributed by atoms with Gasteiger partial charge in [0.05, 0.1) is 5.92 Å². The summed E-state index contributed by atoms with van der Waals surface area (Å²) < 4.78 is 11.3. The molecule has 2 rings (SSSR count). The third kappa shape index (κ3) is 9.10. The van der Waals surface area contributed by atoms with Crippen molar-refractivity contribution in [3.63, 3.8) is 0 Å². The maximum atomic E-state index is 11.3. The van der Waals surface area contributed by atoms with Crippen LogP contribution in [0.2, 0.25) is 0 Å². The van der Waals surface area contributed by atoms with Crippen molar-refractivity contribution in [1.82, 2.24) is 0 Å². The lowest BCUT2D eigenvalue weighted by atomic mass is 9.73. The minimum absolute atomic E-state index is 0.00914. The Morgan fingerprint density at radius 1 is 1.23 bits per heavy atom. The second-order valence-electron chi connectivity index (χ2n) is 8.28. The van der Waals surface area contributed by atoms with Crippen molar-refractivity contribution in [2.75, 3.05) is 12.3 Å². The Hall–Kier alpha value is -2.17. The first kappa shape index (κ1) is 25.9. The van der Waals surface area contributed by atoms with Gasteiger partial charge in [-0.25, -0.2) is 0 Å². The Morgan fingerprint density at radius 2 is 1.87 bits per heavy atom. The Bertz CT molecular complexity index is 801. The molecule has 1 aliphatic rings. The third-order valence-electron chi connectivity index (χ3n) is 5.28. The minimum atomic E-state index is -3.38. The van der Waals surface area contributed by atoms with E-state index < -0.39 is 25.2 Å². The summed E-state index contributed by atoms with van der Waals surface area (Å²) >= 11 is 0. The fourth-order valence-electron chi connectivity index (χ4n) is 3.32. The molecule has 0 heterocycles. The van der Waals surface area contributed by atoms with E-state index in [1.807, 2.05) is 0 Å². The van der Waals surface area contributed by atoms with E-state index >= 15 is 0 Å². The van der Waals surface area contributed by atoms with Crippen LogP contribution < -0.4 is 5.73 Å². The van der Waals surface area contributed by atoms with Gasteiger partial charge in [-0.1, -0.05) is 75.4 Å². The van der Waals surface area contributed by atoms with Gasteiger partial charge in [-0.3, -0.25) is 14.2 Å². The lowest BCUT2D eigenvalue weighted by Gasteiger charge is -2.31. The molecule has 1 aliphatic carbocycles. The zero-order valence-corrected chi connectivity index (χ0v) is 18.9. The minimum Gasteiger partial charge on any atom is -0.481 e. The van der Waals surface area contributed by atoms with E-state index in [2.05, 4.69) is 68.5 Å². The van der Waals surface area contributed by atoms with Crippen molar-refractivity contribution in [3.8, 4) is 0 Å². The number of allylic oxidation sites excluding steroid dienone is 4. The number of benzene rings is 1.